The summed E-state index contributed by atoms with van der Waals surface area (Å²) in [6.07, 6.45) is -1.62. The Morgan fingerprint density at radius 1 is 1.14 bits per heavy atom. The van der Waals surface area contributed by atoms with Crippen LogP contribution < -0.4 is 0 Å². The number of hydrogen-bond donors (Lipinski definition) is 0. The van der Waals surface area contributed by atoms with Gasteiger partial charge in [0.15, 0.2) is 15.9 Å². The van der Waals surface area contributed by atoms with Crippen LogP contribution in [-0.2, 0) is 25.4 Å². The quantitative estimate of drug-likeness (QED) is 0.323. The van der Waals surface area contributed by atoms with Gasteiger partial charge in [-0.15, -0.1) is 0 Å². The maximum absolute atomic E-state index is 14.5. The van der Waals surface area contributed by atoms with E-state index in [0.29, 0.717) is 5.56 Å². The number of fused-ring (bicyclic) bond motifs is 5. The first-order valence-electron chi connectivity index (χ1n) is 9.02. The normalized spacial score (nSPS) is 37.2. The summed E-state index contributed by atoms with van der Waals surface area (Å²) in [6.45, 7) is 3.54. The van der Waals surface area contributed by atoms with Crippen molar-refractivity contribution in [2.75, 3.05) is 0 Å². The van der Waals surface area contributed by atoms with E-state index in [1.54, 1.807) is 6.92 Å². The summed E-state index contributed by atoms with van der Waals surface area (Å²) in [4.78, 5) is 0. The molecule has 5 nitrogen and oxygen atoms in total. The minimum Gasteiger partial charge on any atom is -0.743 e. The summed E-state index contributed by atoms with van der Waals surface area (Å²) in [6, 6.07) is 5.62. The molecule has 11 heteroatoms. The summed E-state index contributed by atoms with van der Waals surface area (Å²) in [5.41, 5.74) is 1.64. The Balaban J connectivity index is 1.63. The summed E-state index contributed by atoms with van der Waals surface area (Å²) in [5.74, 6) is -9.69. The topological polar surface area (TPSA) is 75.7 Å². The van der Waals surface area contributed by atoms with Crippen LogP contribution in [0, 0.1) is 28.2 Å². The minimum atomic E-state index is -6.52. The van der Waals surface area contributed by atoms with Crippen LogP contribution in [0.4, 0.5) is 17.6 Å². The predicted octanol–water partition coefficient (Wildman–Crippen LogP) is 3.99. The van der Waals surface area contributed by atoms with Crippen molar-refractivity contribution in [3.8, 4) is 0 Å². The molecule has 162 valence electrons. The minimum absolute atomic E-state index is 0.159. The SMILES string of the molecule is Cc1cc(I)cc(C2(C)OC3C4CC(C3O2)C(C(F)(F)C(F)(F)S(=O)(=O)[O-])C4)c1. The molecule has 6 unspecified atom stereocenters. The zero-order valence-electron chi connectivity index (χ0n) is 15.4. The fourth-order valence-corrected chi connectivity index (χ4v) is 6.36. The molecular formula is C18H18F4IO5S-. The number of rotatable bonds is 4. The molecule has 2 saturated carbocycles. The molecule has 0 amide bonds. The molecule has 6 atom stereocenters. The maximum Gasteiger partial charge on any atom is 0.396 e. The van der Waals surface area contributed by atoms with Crippen LogP contribution in [0.2, 0.25) is 0 Å². The zero-order chi connectivity index (χ0) is 21.6. The van der Waals surface area contributed by atoms with Gasteiger partial charge in [-0.25, -0.2) is 8.42 Å². The van der Waals surface area contributed by atoms with Crippen molar-refractivity contribution in [3.05, 3.63) is 32.9 Å². The fraction of sp³-hybridized carbons (Fsp3) is 0.667. The largest absolute Gasteiger partial charge is 0.743 e. The fourth-order valence-electron chi connectivity index (χ4n) is 5.05. The van der Waals surface area contributed by atoms with Gasteiger partial charge < -0.3 is 14.0 Å². The second kappa shape index (κ2) is 6.50. The van der Waals surface area contributed by atoms with Gasteiger partial charge >= 0.3 is 11.2 Å². The highest BCUT2D eigenvalue weighted by Gasteiger charge is 2.73. The smallest absolute Gasteiger partial charge is 0.396 e. The van der Waals surface area contributed by atoms with E-state index in [4.69, 9.17) is 9.47 Å². The second-order valence-corrected chi connectivity index (χ2v) is 10.9. The molecule has 29 heavy (non-hydrogen) atoms. The van der Waals surface area contributed by atoms with Crippen molar-refractivity contribution in [3.63, 3.8) is 0 Å². The first-order chi connectivity index (χ1) is 13.2. The molecule has 1 saturated heterocycles. The van der Waals surface area contributed by atoms with Crippen molar-refractivity contribution >= 4 is 32.7 Å². The molecule has 0 spiro atoms. The Hall–Kier alpha value is -0.500. The highest BCUT2D eigenvalue weighted by molar-refractivity contribution is 14.1. The summed E-state index contributed by atoms with van der Waals surface area (Å²) in [7, 11) is -6.52. The molecule has 2 aliphatic carbocycles. The Morgan fingerprint density at radius 3 is 2.34 bits per heavy atom. The van der Waals surface area contributed by atoms with Crippen LogP contribution in [0.5, 0.6) is 0 Å². The molecular weight excluding hydrogens is 531 g/mol. The third-order valence-electron chi connectivity index (χ3n) is 6.31. The summed E-state index contributed by atoms with van der Waals surface area (Å²) < 4.78 is 102. The lowest BCUT2D eigenvalue weighted by molar-refractivity contribution is -0.214. The molecule has 1 aliphatic heterocycles. The van der Waals surface area contributed by atoms with Crippen LogP contribution in [0.25, 0.3) is 0 Å². The molecule has 1 aromatic carbocycles. The monoisotopic (exact) mass is 549 g/mol. The molecule has 0 aromatic heterocycles. The Kier molecular flexibility index (Phi) is 4.87. The number of ether oxygens (including phenoxy) is 2. The number of hydrogen-bond acceptors (Lipinski definition) is 5. The van der Waals surface area contributed by atoms with E-state index in [0.717, 1.165) is 9.13 Å². The number of alkyl halides is 4. The second-order valence-electron chi connectivity index (χ2n) is 8.22. The zero-order valence-corrected chi connectivity index (χ0v) is 18.3. The van der Waals surface area contributed by atoms with Gasteiger partial charge in [0.1, 0.15) is 0 Å². The number of halogens is 5. The van der Waals surface area contributed by atoms with E-state index in [1.807, 2.05) is 25.1 Å². The lowest BCUT2D eigenvalue weighted by Gasteiger charge is -2.38. The molecule has 0 N–H and O–H groups in total. The molecule has 1 aromatic rings. The average molecular weight is 549 g/mol. The van der Waals surface area contributed by atoms with Crippen molar-refractivity contribution in [2.45, 2.75) is 55.9 Å². The third kappa shape index (κ3) is 3.14. The van der Waals surface area contributed by atoms with Crippen LogP contribution >= 0.6 is 22.6 Å². The average Bonchev–Trinajstić information content (AvgIpc) is 3.22. The van der Waals surface area contributed by atoms with E-state index < -0.39 is 57.0 Å². The van der Waals surface area contributed by atoms with Crippen molar-refractivity contribution < 1.29 is 40.0 Å². The Bertz CT molecular complexity index is 935. The van der Waals surface area contributed by atoms with Gasteiger partial charge in [-0.1, -0.05) is 6.07 Å². The van der Waals surface area contributed by atoms with Crippen LogP contribution in [0.3, 0.4) is 0 Å². The summed E-state index contributed by atoms with van der Waals surface area (Å²) in [5, 5.41) is -5.68. The molecule has 3 fully saturated rings. The van der Waals surface area contributed by atoms with E-state index >= 15 is 0 Å². The molecule has 1 heterocycles. The lowest BCUT2D eigenvalue weighted by atomic mass is 9.81. The predicted molar refractivity (Wildman–Crippen MR) is 100 cm³/mol. The first-order valence-corrected chi connectivity index (χ1v) is 11.5. The first kappa shape index (κ1) is 21.7. The third-order valence-corrected chi connectivity index (χ3v) is 7.84. The van der Waals surface area contributed by atoms with Crippen LogP contribution in [-0.4, -0.2) is 36.4 Å². The van der Waals surface area contributed by atoms with Gasteiger partial charge in [-0.2, -0.15) is 17.6 Å². The maximum atomic E-state index is 14.5. The lowest BCUT2D eigenvalue weighted by Crippen LogP contribution is -2.55. The van der Waals surface area contributed by atoms with E-state index in [9.17, 15) is 30.5 Å². The highest BCUT2D eigenvalue weighted by atomic mass is 127. The van der Waals surface area contributed by atoms with Crippen molar-refractivity contribution in [1.29, 1.82) is 0 Å². The van der Waals surface area contributed by atoms with Gasteiger partial charge in [0.2, 0.25) is 0 Å². The van der Waals surface area contributed by atoms with Crippen molar-refractivity contribution in [1.82, 2.24) is 0 Å². The van der Waals surface area contributed by atoms with E-state index in [2.05, 4.69) is 22.6 Å². The van der Waals surface area contributed by atoms with Crippen LogP contribution in [0.15, 0.2) is 18.2 Å². The highest BCUT2D eigenvalue weighted by Crippen LogP contribution is 2.62. The molecule has 4 rings (SSSR count). The Labute approximate surface area is 179 Å². The van der Waals surface area contributed by atoms with Gasteiger partial charge in [-0.3, -0.25) is 0 Å². The molecule has 0 radical (unpaired) electrons. The molecule has 2 bridgehead atoms. The van der Waals surface area contributed by atoms with Crippen molar-refractivity contribution in [2.24, 2.45) is 17.8 Å². The van der Waals surface area contributed by atoms with E-state index in [1.165, 1.54) is 0 Å². The standard InChI is InChI=1S/C18H19F4IO5S/c1-8-3-10(7-11(23)4-8)16(2)27-14-9-5-12(15(14)28-16)13(6-9)17(19,20)18(21,22)29(24,25)26/h3-4,7,9,12-15H,5-6H2,1-2H3,(H,24,25,26)/p-1. The summed E-state index contributed by atoms with van der Waals surface area (Å²) >= 11 is 2.13. The van der Waals surface area contributed by atoms with Crippen LogP contribution in [0.1, 0.15) is 30.9 Å². The van der Waals surface area contributed by atoms with E-state index in [-0.39, 0.29) is 12.8 Å². The number of aryl methyl sites for hydroxylation is 1. The Morgan fingerprint density at radius 2 is 1.76 bits per heavy atom. The number of benzene rings is 1. The molecule has 3 aliphatic rings. The van der Waals surface area contributed by atoms with Gasteiger partial charge in [0.25, 0.3) is 0 Å². The van der Waals surface area contributed by atoms with Gasteiger partial charge in [0.05, 0.1) is 12.2 Å². The van der Waals surface area contributed by atoms with Gasteiger partial charge in [-0.05, 0) is 78.8 Å². The van der Waals surface area contributed by atoms with Gasteiger partial charge in [0, 0.05) is 15.1 Å².